The maximum atomic E-state index is 5.66. The molecule has 1 aromatic carbocycles. The lowest BCUT2D eigenvalue weighted by Gasteiger charge is -2.14. The first-order valence-corrected chi connectivity index (χ1v) is 8.35. The van der Waals surface area contributed by atoms with Crippen LogP contribution in [0, 0.1) is 5.92 Å². The molecule has 6 nitrogen and oxygen atoms in total. The number of aromatic amines is 1. The van der Waals surface area contributed by atoms with E-state index in [0.29, 0.717) is 6.61 Å². The summed E-state index contributed by atoms with van der Waals surface area (Å²) < 4.78 is 5.66. The van der Waals surface area contributed by atoms with Crippen LogP contribution in [0.4, 0.5) is 5.69 Å². The summed E-state index contributed by atoms with van der Waals surface area (Å²) in [4.78, 5) is 4.22. The minimum absolute atomic E-state index is 0.285. The molecule has 2 rings (SSSR count). The highest BCUT2D eigenvalue weighted by molar-refractivity contribution is 5.63. The van der Waals surface area contributed by atoms with Gasteiger partial charge in [0, 0.05) is 12.3 Å². The van der Waals surface area contributed by atoms with Crippen molar-refractivity contribution in [1.82, 2.24) is 15.2 Å². The van der Waals surface area contributed by atoms with Crippen molar-refractivity contribution >= 4 is 12.4 Å². The number of ether oxygens (including phenoxy) is 1. The number of hydrazone groups is 1. The zero-order valence-corrected chi connectivity index (χ0v) is 15.0. The average Bonchev–Trinajstić information content (AvgIpc) is 3.11. The van der Waals surface area contributed by atoms with Gasteiger partial charge >= 0.3 is 0 Å². The van der Waals surface area contributed by atoms with Gasteiger partial charge in [-0.2, -0.15) is 10.2 Å². The molecule has 132 valence electrons. The Morgan fingerprint density at radius 2 is 2.32 bits per heavy atom. The third kappa shape index (κ3) is 5.31. The molecule has 0 bridgehead atoms. The van der Waals surface area contributed by atoms with E-state index in [2.05, 4.69) is 51.5 Å². The van der Waals surface area contributed by atoms with E-state index >= 15 is 0 Å². The summed E-state index contributed by atoms with van der Waals surface area (Å²) in [6.45, 7) is 10.3. The lowest BCUT2D eigenvalue weighted by molar-refractivity contribution is 0.239. The largest absolute Gasteiger partial charge is 0.494 e. The molecule has 0 saturated carbocycles. The third-order valence-electron chi connectivity index (χ3n) is 3.63. The quantitative estimate of drug-likeness (QED) is 0.311. The molecule has 1 unspecified atom stereocenters. The van der Waals surface area contributed by atoms with Crippen molar-refractivity contribution in [3.05, 3.63) is 54.1 Å². The smallest absolute Gasteiger partial charge is 0.155 e. The first kappa shape index (κ1) is 18.4. The Labute approximate surface area is 148 Å². The highest BCUT2D eigenvalue weighted by Gasteiger charge is 2.10. The summed E-state index contributed by atoms with van der Waals surface area (Å²) in [7, 11) is 0. The second-order valence-electron chi connectivity index (χ2n) is 5.66. The monoisotopic (exact) mass is 339 g/mol. The number of hydrogen-bond donors (Lipinski definition) is 2. The second-order valence-corrected chi connectivity index (χ2v) is 5.66. The van der Waals surface area contributed by atoms with Crippen molar-refractivity contribution in [2.45, 2.75) is 27.2 Å². The number of H-pyrrole nitrogens is 1. The molecule has 25 heavy (non-hydrogen) atoms. The van der Waals surface area contributed by atoms with Crippen molar-refractivity contribution in [1.29, 1.82) is 0 Å². The number of allylic oxidation sites excluding steroid dienone is 3. The molecule has 0 aliphatic heterocycles. The predicted octanol–water partition coefficient (Wildman–Crippen LogP) is 4.17. The minimum atomic E-state index is 0.285. The van der Waals surface area contributed by atoms with Crippen LogP contribution in [0.25, 0.3) is 11.4 Å². The Morgan fingerprint density at radius 1 is 1.48 bits per heavy atom. The van der Waals surface area contributed by atoms with Crippen LogP contribution >= 0.6 is 0 Å². The van der Waals surface area contributed by atoms with E-state index in [1.165, 1.54) is 6.33 Å². The van der Waals surface area contributed by atoms with E-state index in [9.17, 15) is 0 Å². The lowest BCUT2D eigenvalue weighted by Crippen LogP contribution is -2.03. The Hall–Kier alpha value is -2.89. The first-order valence-electron chi connectivity index (χ1n) is 8.35. The number of nitrogens with one attached hydrogen (secondary N) is 2. The highest BCUT2D eigenvalue weighted by atomic mass is 16.5. The Bertz CT molecular complexity index is 734. The molecule has 1 aromatic heterocycles. The third-order valence-corrected chi connectivity index (χ3v) is 3.63. The number of anilines is 1. The van der Waals surface area contributed by atoms with Gasteiger partial charge < -0.3 is 4.74 Å². The molecule has 2 N–H and O–H groups in total. The summed E-state index contributed by atoms with van der Waals surface area (Å²) in [6.07, 6.45) is 8.43. The maximum Gasteiger partial charge on any atom is 0.155 e. The number of benzene rings is 1. The van der Waals surface area contributed by atoms with Crippen molar-refractivity contribution in [3.63, 3.8) is 0 Å². The van der Waals surface area contributed by atoms with Crippen LogP contribution in [0.5, 0.6) is 0 Å². The summed E-state index contributed by atoms with van der Waals surface area (Å²) in [5, 5.41) is 10.6. The van der Waals surface area contributed by atoms with Gasteiger partial charge in [-0.05, 0) is 62.1 Å². The van der Waals surface area contributed by atoms with Crippen LogP contribution in [-0.2, 0) is 11.2 Å². The fourth-order valence-electron chi connectivity index (χ4n) is 2.62. The zero-order chi connectivity index (χ0) is 18.1. The summed E-state index contributed by atoms with van der Waals surface area (Å²) >= 11 is 0. The molecule has 0 amide bonds. The van der Waals surface area contributed by atoms with E-state index in [1.807, 2.05) is 38.1 Å². The normalized spacial score (nSPS) is 13.0. The van der Waals surface area contributed by atoms with Gasteiger partial charge in [-0.15, -0.1) is 0 Å². The van der Waals surface area contributed by atoms with Crippen LogP contribution in [0.1, 0.15) is 26.3 Å². The van der Waals surface area contributed by atoms with Gasteiger partial charge in [0.1, 0.15) is 12.1 Å². The molecule has 0 spiro atoms. The van der Waals surface area contributed by atoms with E-state index < -0.39 is 0 Å². The van der Waals surface area contributed by atoms with E-state index in [1.54, 1.807) is 0 Å². The number of rotatable bonds is 9. The second kappa shape index (κ2) is 9.42. The zero-order valence-electron chi connectivity index (χ0n) is 15.0. The van der Waals surface area contributed by atoms with Crippen LogP contribution < -0.4 is 5.43 Å². The molecule has 1 atom stereocenters. The van der Waals surface area contributed by atoms with Crippen molar-refractivity contribution < 1.29 is 4.74 Å². The molecular weight excluding hydrogens is 314 g/mol. The number of aromatic nitrogens is 3. The topological polar surface area (TPSA) is 75.2 Å². The van der Waals surface area contributed by atoms with Gasteiger partial charge in [0.2, 0.25) is 0 Å². The molecule has 0 aliphatic carbocycles. The maximum absolute atomic E-state index is 5.66. The summed E-state index contributed by atoms with van der Waals surface area (Å²) in [5.74, 6) is 1.92. The van der Waals surface area contributed by atoms with Crippen LogP contribution in [-0.4, -0.2) is 28.5 Å². The molecular formula is C19H25N5O. The molecule has 0 radical (unpaired) electrons. The van der Waals surface area contributed by atoms with Crippen molar-refractivity contribution in [3.8, 4) is 11.4 Å². The van der Waals surface area contributed by atoms with Crippen molar-refractivity contribution in [2.75, 3.05) is 12.0 Å². The van der Waals surface area contributed by atoms with Crippen LogP contribution in [0.3, 0.4) is 0 Å². The summed E-state index contributed by atoms with van der Waals surface area (Å²) in [5.41, 5.74) is 6.00. The Balaban J connectivity index is 2.27. The molecule has 1 heterocycles. The average molecular weight is 339 g/mol. The summed E-state index contributed by atoms with van der Waals surface area (Å²) in [6, 6.07) is 6.05. The van der Waals surface area contributed by atoms with E-state index in [0.717, 1.165) is 34.8 Å². The van der Waals surface area contributed by atoms with Gasteiger partial charge in [0.25, 0.3) is 0 Å². The SMILES string of the molecule is C=NNc1ccc(-c2ncn[nH]2)cc1CC(C)/C=C(\C=C/C)OCC. The molecule has 6 heteroatoms. The molecule has 2 aromatic rings. The minimum Gasteiger partial charge on any atom is -0.494 e. The lowest BCUT2D eigenvalue weighted by atomic mass is 9.97. The fraction of sp³-hybridized carbons (Fsp3) is 0.316. The predicted molar refractivity (Wildman–Crippen MR) is 102 cm³/mol. The molecule has 0 fully saturated rings. The Morgan fingerprint density at radius 3 is 2.96 bits per heavy atom. The van der Waals surface area contributed by atoms with Crippen LogP contribution in [0.15, 0.2) is 53.6 Å². The van der Waals surface area contributed by atoms with Gasteiger partial charge in [0.05, 0.1) is 12.3 Å². The molecule has 0 saturated heterocycles. The number of hydrogen-bond acceptors (Lipinski definition) is 5. The highest BCUT2D eigenvalue weighted by Crippen LogP contribution is 2.26. The van der Waals surface area contributed by atoms with E-state index in [-0.39, 0.29) is 5.92 Å². The Kier molecular flexibility index (Phi) is 6.95. The van der Waals surface area contributed by atoms with Gasteiger partial charge in [0.15, 0.2) is 5.82 Å². The first-order chi connectivity index (χ1) is 12.2. The van der Waals surface area contributed by atoms with Gasteiger partial charge in [-0.1, -0.05) is 13.0 Å². The number of nitrogens with zero attached hydrogens (tertiary/aromatic N) is 3. The van der Waals surface area contributed by atoms with Crippen LogP contribution in [0.2, 0.25) is 0 Å². The fourth-order valence-corrected chi connectivity index (χ4v) is 2.62. The van der Waals surface area contributed by atoms with Gasteiger partial charge in [-0.25, -0.2) is 4.98 Å². The standard InChI is InChI=1S/C19H25N5O/c1-5-7-17(25-6-2)11-14(3)10-16-12-15(19-21-13-22-24-19)8-9-18(16)23-20-4/h5,7-9,11-14,23H,4,6,10H2,1-3H3,(H,21,22,24)/b7-5-,17-11+. The van der Waals surface area contributed by atoms with Gasteiger partial charge in [-0.3, -0.25) is 10.5 Å². The van der Waals surface area contributed by atoms with E-state index in [4.69, 9.17) is 4.74 Å². The van der Waals surface area contributed by atoms with Crippen molar-refractivity contribution in [2.24, 2.45) is 11.0 Å². The molecule has 0 aliphatic rings.